The topological polar surface area (TPSA) is 183 Å². The van der Waals surface area contributed by atoms with Gasteiger partial charge in [-0.25, -0.2) is 26.4 Å². The first-order chi connectivity index (χ1) is 25.0. The molecule has 1 N–H and O–H groups in total. The van der Waals surface area contributed by atoms with Crippen molar-refractivity contribution in [2.75, 3.05) is 32.8 Å². The van der Waals surface area contributed by atoms with Gasteiger partial charge in [0, 0.05) is 10.5 Å². The summed E-state index contributed by atoms with van der Waals surface area (Å²) >= 11 is 3.28. The lowest BCUT2D eigenvalue weighted by atomic mass is 10.2. The summed E-state index contributed by atoms with van der Waals surface area (Å²) in [6, 6.07) is 17.6. The molecular formula is C36H37BrN4O10S2. The molecule has 3 aromatic carbocycles. The lowest BCUT2D eigenvalue weighted by molar-refractivity contribution is -0.387. The highest BCUT2D eigenvalue weighted by Gasteiger charge is 2.32. The number of carbonyl (C=O) groups excluding carboxylic acids is 2. The molecule has 0 aliphatic carbocycles. The van der Waals surface area contributed by atoms with Crippen molar-refractivity contribution in [2.45, 2.75) is 42.2 Å². The molecule has 0 fully saturated rings. The third-order valence-corrected chi connectivity index (χ3v) is 11.1. The Bertz CT molecular complexity index is 2130. The summed E-state index contributed by atoms with van der Waals surface area (Å²) in [5, 5.41) is 14.1. The number of para-hydroxylation sites is 1. The maximum atomic E-state index is 13.9. The molecule has 0 spiro atoms. The molecule has 0 saturated carbocycles. The van der Waals surface area contributed by atoms with Crippen molar-refractivity contribution in [3.63, 3.8) is 0 Å². The van der Waals surface area contributed by atoms with E-state index >= 15 is 0 Å². The molecule has 17 heteroatoms. The third-order valence-electron chi connectivity index (χ3n) is 6.85. The number of alkyl carbamates (subject to hydrolysis) is 1. The summed E-state index contributed by atoms with van der Waals surface area (Å²) in [7, 11) is -8.88. The van der Waals surface area contributed by atoms with Crippen molar-refractivity contribution in [3.8, 4) is 23.7 Å². The number of rotatable bonds is 14. The van der Waals surface area contributed by atoms with Gasteiger partial charge < -0.3 is 14.8 Å². The number of carbonyl (C=O) groups is 2. The van der Waals surface area contributed by atoms with Gasteiger partial charge in [-0.1, -0.05) is 76.0 Å². The van der Waals surface area contributed by atoms with Crippen molar-refractivity contribution in [2.24, 2.45) is 0 Å². The third kappa shape index (κ3) is 12.6. The zero-order chi connectivity index (χ0) is 39.2. The summed E-state index contributed by atoms with van der Waals surface area (Å²) in [6.45, 7) is 6.61. The van der Waals surface area contributed by atoms with E-state index in [1.165, 1.54) is 42.5 Å². The molecule has 0 aromatic heterocycles. The lowest BCUT2D eigenvalue weighted by Crippen LogP contribution is -2.42. The minimum absolute atomic E-state index is 0.0976. The van der Waals surface area contributed by atoms with Gasteiger partial charge in [0.2, 0.25) is 10.0 Å². The zero-order valence-corrected chi connectivity index (χ0v) is 32.2. The molecule has 0 aliphatic rings. The number of sulfonamides is 2. The number of nitrogens with one attached hydrogen (secondary N) is 1. The molecule has 3 rings (SSSR count). The van der Waals surface area contributed by atoms with Crippen LogP contribution in [-0.4, -0.2) is 86.9 Å². The van der Waals surface area contributed by atoms with Crippen LogP contribution < -0.4 is 5.32 Å². The van der Waals surface area contributed by atoms with Gasteiger partial charge in [0.1, 0.15) is 12.2 Å². The van der Waals surface area contributed by atoms with E-state index in [1.807, 2.05) is 0 Å². The molecule has 0 heterocycles. The molecule has 0 bridgehead atoms. The number of benzene rings is 3. The Hall–Kier alpha value is -5.04. The first-order valence-corrected chi connectivity index (χ1v) is 19.4. The van der Waals surface area contributed by atoms with Crippen LogP contribution in [-0.2, 0) is 29.5 Å². The highest BCUT2D eigenvalue weighted by molar-refractivity contribution is 9.10. The Morgan fingerprint density at radius 2 is 1.49 bits per heavy atom. The maximum absolute atomic E-state index is 13.9. The van der Waals surface area contributed by atoms with Gasteiger partial charge in [0.15, 0.2) is 4.90 Å². The van der Waals surface area contributed by atoms with E-state index in [0.29, 0.717) is 4.47 Å². The molecule has 0 radical (unpaired) electrons. The van der Waals surface area contributed by atoms with E-state index in [4.69, 9.17) is 9.47 Å². The smallest absolute Gasteiger partial charge is 0.408 e. The number of nitro benzene ring substituents is 1. The van der Waals surface area contributed by atoms with E-state index < -0.39 is 85.5 Å². The minimum atomic E-state index is -4.58. The number of nitro groups is 1. The Balaban J connectivity index is 1.93. The normalized spacial score (nSPS) is 12.0. The van der Waals surface area contributed by atoms with Crippen LogP contribution in [0.2, 0.25) is 0 Å². The number of halogens is 1. The molecule has 0 aliphatic heterocycles. The predicted octanol–water partition coefficient (Wildman–Crippen LogP) is 4.98. The summed E-state index contributed by atoms with van der Waals surface area (Å²) in [4.78, 5) is 34.8. The quantitative estimate of drug-likeness (QED) is 0.0765. The number of nitrogens with zero attached hydrogens (tertiary/aromatic N) is 3. The average molecular weight is 830 g/mol. The number of amides is 1. The number of ether oxygens (including phenoxy) is 2. The predicted molar refractivity (Wildman–Crippen MR) is 200 cm³/mol. The Morgan fingerprint density at radius 1 is 0.906 bits per heavy atom. The molecule has 53 heavy (non-hydrogen) atoms. The van der Waals surface area contributed by atoms with Gasteiger partial charge in [-0.2, -0.15) is 8.61 Å². The molecule has 14 nitrogen and oxygen atoms in total. The largest absolute Gasteiger partial charge is 0.460 e. The van der Waals surface area contributed by atoms with Crippen molar-refractivity contribution in [1.82, 2.24) is 13.9 Å². The van der Waals surface area contributed by atoms with Gasteiger partial charge in [-0.05, 0) is 63.2 Å². The van der Waals surface area contributed by atoms with E-state index in [9.17, 15) is 36.5 Å². The van der Waals surface area contributed by atoms with Crippen molar-refractivity contribution >= 4 is 53.7 Å². The van der Waals surface area contributed by atoms with Crippen molar-refractivity contribution in [3.05, 3.63) is 112 Å². The zero-order valence-electron chi connectivity index (χ0n) is 29.0. The van der Waals surface area contributed by atoms with E-state index in [2.05, 4.69) is 51.5 Å². The average Bonchev–Trinajstić information content (AvgIpc) is 3.11. The Morgan fingerprint density at radius 3 is 2.09 bits per heavy atom. The minimum Gasteiger partial charge on any atom is -0.460 e. The van der Waals surface area contributed by atoms with Gasteiger partial charge in [0.25, 0.3) is 15.7 Å². The van der Waals surface area contributed by atoms with E-state index in [0.717, 1.165) is 20.7 Å². The number of hydrogen-bond acceptors (Lipinski definition) is 10. The van der Waals surface area contributed by atoms with Gasteiger partial charge >= 0.3 is 12.1 Å². The SMILES string of the molecule is C=C[C@@H](COC(=O)c1ccccc1)N(CC#CCN(CC#CCNC(=O)OC(C)(C)C)S(=O)(=O)c1ccccc1[N+](=O)[O-])S(=O)(=O)c1ccc(Br)cc1. The fourth-order valence-corrected chi connectivity index (χ4v) is 7.47. The first-order valence-electron chi connectivity index (χ1n) is 15.7. The lowest BCUT2D eigenvalue weighted by Gasteiger charge is -2.27. The number of hydrogen-bond donors (Lipinski definition) is 1. The highest BCUT2D eigenvalue weighted by Crippen LogP contribution is 2.26. The molecule has 0 saturated heterocycles. The van der Waals surface area contributed by atoms with Crippen LogP contribution in [0.15, 0.2) is 106 Å². The molecular weight excluding hydrogens is 792 g/mol. The van der Waals surface area contributed by atoms with E-state index in [-0.39, 0.29) is 17.0 Å². The van der Waals surface area contributed by atoms with Crippen molar-refractivity contribution in [1.29, 1.82) is 0 Å². The summed E-state index contributed by atoms with van der Waals surface area (Å²) in [5.41, 5.74) is -1.17. The fraction of sp³-hybridized carbons (Fsp3) is 0.278. The summed E-state index contributed by atoms with van der Waals surface area (Å²) in [6.07, 6.45) is 0.542. The van der Waals surface area contributed by atoms with Crippen LogP contribution in [0.3, 0.4) is 0 Å². The monoisotopic (exact) mass is 828 g/mol. The van der Waals surface area contributed by atoms with Crippen LogP contribution in [0.25, 0.3) is 0 Å². The Kier molecular flexibility index (Phi) is 15.3. The second kappa shape index (κ2) is 19.2. The van der Waals surface area contributed by atoms with Gasteiger partial charge in [-0.3, -0.25) is 10.1 Å². The molecule has 0 unspecified atom stereocenters. The summed E-state index contributed by atoms with van der Waals surface area (Å²) in [5.74, 6) is 9.85. The molecule has 280 valence electrons. The molecule has 1 amide bonds. The van der Waals surface area contributed by atoms with Gasteiger partial charge in [-0.15, -0.1) is 6.58 Å². The second-order valence-electron chi connectivity index (χ2n) is 11.8. The second-order valence-corrected chi connectivity index (χ2v) is 16.5. The van der Waals surface area contributed by atoms with Crippen LogP contribution in [0.4, 0.5) is 10.5 Å². The van der Waals surface area contributed by atoms with Crippen molar-refractivity contribution < 1.29 is 40.8 Å². The number of esters is 1. The van der Waals surface area contributed by atoms with Crippen LogP contribution in [0, 0.1) is 33.8 Å². The van der Waals surface area contributed by atoms with E-state index in [1.54, 1.807) is 51.1 Å². The van der Waals surface area contributed by atoms with Crippen LogP contribution in [0.5, 0.6) is 0 Å². The fourth-order valence-electron chi connectivity index (χ4n) is 4.32. The highest BCUT2D eigenvalue weighted by atomic mass is 79.9. The first kappa shape index (κ1) is 42.4. The maximum Gasteiger partial charge on any atom is 0.408 e. The molecule has 3 aromatic rings. The van der Waals surface area contributed by atoms with Gasteiger partial charge in [0.05, 0.1) is 47.6 Å². The van der Waals surface area contributed by atoms with Crippen LogP contribution in [0.1, 0.15) is 31.1 Å². The Labute approximate surface area is 317 Å². The van der Waals surface area contributed by atoms with Crippen LogP contribution >= 0.6 is 15.9 Å². The molecule has 1 atom stereocenters. The standard InChI is InChI=1S/C36H37BrN4O10S2/c1-5-30(27-50-34(42)28-15-7-6-8-16-28)40(52(46,47)31-21-19-29(37)20-22-31)26-14-13-25-39(24-12-11-23-38-35(43)51-36(2,3)4)53(48,49)33-18-10-9-17-32(33)41(44)45/h5-10,15-22,30H,1,23-27H2,2-4H3,(H,38,43)/t30-/m0/s1. The summed E-state index contributed by atoms with van der Waals surface area (Å²) < 4.78 is 68.2.